The van der Waals surface area contributed by atoms with E-state index in [9.17, 15) is 24.6 Å². The topological polar surface area (TPSA) is 119 Å². The van der Waals surface area contributed by atoms with E-state index in [0.29, 0.717) is 12.8 Å². The Morgan fingerprint density at radius 2 is 1.60 bits per heavy atom. The van der Waals surface area contributed by atoms with E-state index in [1.807, 2.05) is 0 Å². The second-order valence-electron chi connectivity index (χ2n) is 16.0. The standard InChI is InChI=1S/C34H52O8/c1-18(35)40-26-13-15-33(8)24-12-14-32(7)21(20-16-22(42-29(20)38)28(37)31(5,6)39)10-11-23(32)34(24,9)27(41-19(2)36)17-25(33)30(26,3)4/h11,20-22,24-28,37,39H,10,12-17H2,1-9H3/t20-,21-,22+,24+,25-,26+,27+,28-,32-,33+,34-/m0/s1. The number of cyclic esters (lactones) is 1. The Kier molecular flexibility index (Phi) is 7.53. The first-order valence-electron chi connectivity index (χ1n) is 15.9. The maximum absolute atomic E-state index is 13.3. The van der Waals surface area contributed by atoms with Crippen molar-refractivity contribution in [2.75, 3.05) is 0 Å². The highest BCUT2D eigenvalue weighted by molar-refractivity contribution is 5.75. The first-order chi connectivity index (χ1) is 19.3. The van der Waals surface area contributed by atoms with Crippen molar-refractivity contribution in [3.05, 3.63) is 11.6 Å². The van der Waals surface area contributed by atoms with E-state index in [0.717, 1.165) is 32.1 Å². The maximum Gasteiger partial charge on any atom is 0.309 e. The third kappa shape index (κ3) is 4.56. The second kappa shape index (κ2) is 10.0. The van der Waals surface area contributed by atoms with Gasteiger partial charge in [-0.15, -0.1) is 0 Å². The molecule has 4 fully saturated rings. The van der Waals surface area contributed by atoms with Gasteiger partial charge in [-0.05, 0) is 81.0 Å². The van der Waals surface area contributed by atoms with E-state index in [1.165, 1.54) is 33.3 Å². The Bertz CT molecular complexity index is 1170. The molecule has 42 heavy (non-hydrogen) atoms. The molecule has 1 heterocycles. The van der Waals surface area contributed by atoms with Crippen molar-refractivity contribution in [3.8, 4) is 0 Å². The van der Waals surface area contributed by atoms with E-state index in [4.69, 9.17) is 14.2 Å². The Balaban J connectivity index is 1.49. The first kappa shape index (κ1) is 31.5. The number of carbonyl (C=O) groups excluding carboxylic acids is 3. The minimum absolute atomic E-state index is 0.0106. The van der Waals surface area contributed by atoms with Crippen LogP contribution in [0.25, 0.3) is 0 Å². The lowest BCUT2D eigenvalue weighted by atomic mass is 9.37. The van der Waals surface area contributed by atoms with E-state index in [-0.39, 0.29) is 70.0 Å². The average molecular weight is 589 g/mol. The number of carbonyl (C=O) groups is 3. The summed E-state index contributed by atoms with van der Waals surface area (Å²) in [5, 5.41) is 21.1. The third-order valence-corrected chi connectivity index (χ3v) is 12.9. The van der Waals surface area contributed by atoms with Gasteiger partial charge in [0.2, 0.25) is 0 Å². The van der Waals surface area contributed by atoms with Crippen LogP contribution in [-0.2, 0) is 28.6 Å². The summed E-state index contributed by atoms with van der Waals surface area (Å²) in [5.41, 5.74) is -1.09. The molecule has 4 aliphatic carbocycles. The Morgan fingerprint density at radius 3 is 2.19 bits per heavy atom. The molecule has 0 bridgehead atoms. The van der Waals surface area contributed by atoms with Crippen LogP contribution in [0.4, 0.5) is 0 Å². The van der Waals surface area contributed by atoms with E-state index < -0.39 is 23.2 Å². The number of hydrogen-bond acceptors (Lipinski definition) is 8. The van der Waals surface area contributed by atoms with Crippen molar-refractivity contribution in [3.63, 3.8) is 0 Å². The normalized spacial score (nSPS) is 45.1. The molecule has 236 valence electrons. The van der Waals surface area contributed by atoms with Gasteiger partial charge in [-0.2, -0.15) is 0 Å². The van der Waals surface area contributed by atoms with Crippen molar-refractivity contribution in [2.45, 2.75) is 137 Å². The SMILES string of the molecule is CC(=O)O[C@@H]1CC[C@]2(C)[C@H]3CC[C@]4(C)C(=CC[C@H]4[C@@H]4C[C@H]([C@H](O)C(C)(C)O)OC4=O)[C@]3(C)[C@H](OC(C)=O)C[C@H]2C1(C)C. The van der Waals surface area contributed by atoms with Crippen LogP contribution in [-0.4, -0.2) is 58.1 Å². The lowest BCUT2D eigenvalue weighted by Crippen LogP contribution is -2.66. The minimum atomic E-state index is -1.37. The van der Waals surface area contributed by atoms with Crippen LogP contribution in [0, 0.1) is 45.3 Å². The summed E-state index contributed by atoms with van der Waals surface area (Å²) in [7, 11) is 0. The summed E-state index contributed by atoms with van der Waals surface area (Å²) in [5.74, 6) is -0.759. The first-order valence-corrected chi connectivity index (χ1v) is 15.9. The summed E-state index contributed by atoms with van der Waals surface area (Å²) in [6.07, 6.45) is 5.31. The molecule has 0 amide bonds. The Morgan fingerprint density at radius 1 is 0.976 bits per heavy atom. The minimum Gasteiger partial charge on any atom is -0.462 e. The Labute approximate surface area is 250 Å². The Hall–Kier alpha value is -1.93. The lowest BCUT2D eigenvalue weighted by Gasteiger charge is -2.68. The van der Waals surface area contributed by atoms with Gasteiger partial charge in [0.25, 0.3) is 0 Å². The monoisotopic (exact) mass is 588 g/mol. The molecule has 1 aliphatic heterocycles. The van der Waals surface area contributed by atoms with Gasteiger partial charge >= 0.3 is 17.9 Å². The van der Waals surface area contributed by atoms with Gasteiger partial charge in [-0.25, -0.2) is 0 Å². The van der Waals surface area contributed by atoms with E-state index in [1.54, 1.807) is 0 Å². The van der Waals surface area contributed by atoms with Gasteiger partial charge in [-0.3, -0.25) is 14.4 Å². The molecule has 8 nitrogen and oxygen atoms in total. The predicted octanol–water partition coefficient (Wildman–Crippen LogP) is 5.13. The fraction of sp³-hybridized carbons (Fsp3) is 0.853. The van der Waals surface area contributed by atoms with Crippen LogP contribution in [0.2, 0.25) is 0 Å². The van der Waals surface area contributed by atoms with Crippen LogP contribution >= 0.6 is 0 Å². The average Bonchev–Trinajstić information content (AvgIpc) is 3.40. The van der Waals surface area contributed by atoms with Crippen LogP contribution in [0.1, 0.15) is 107 Å². The largest absolute Gasteiger partial charge is 0.462 e. The van der Waals surface area contributed by atoms with Gasteiger partial charge in [0.15, 0.2) is 0 Å². The molecular formula is C34H52O8. The summed E-state index contributed by atoms with van der Waals surface area (Å²) < 4.78 is 17.8. The third-order valence-electron chi connectivity index (χ3n) is 12.9. The smallest absolute Gasteiger partial charge is 0.309 e. The highest BCUT2D eigenvalue weighted by Gasteiger charge is 2.70. The van der Waals surface area contributed by atoms with Crippen molar-refractivity contribution >= 4 is 17.9 Å². The molecule has 2 N–H and O–H groups in total. The van der Waals surface area contributed by atoms with Crippen molar-refractivity contribution in [1.82, 2.24) is 0 Å². The maximum atomic E-state index is 13.3. The van der Waals surface area contributed by atoms with E-state index >= 15 is 0 Å². The molecule has 5 aliphatic rings. The number of esters is 3. The van der Waals surface area contributed by atoms with Crippen molar-refractivity contribution in [2.24, 2.45) is 45.3 Å². The number of hydrogen-bond donors (Lipinski definition) is 2. The number of aliphatic hydroxyl groups is 2. The molecule has 5 rings (SSSR count). The van der Waals surface area contributed by atoms with E-state index in [2.05, 4.69) is 40.7 Å². The van der Waals surface area contributed by atoms with Gasteiger partial charge in [0.1, 0.15) is 24.4 Å². The second-order valence-corrected chi connectivity index (χ2v) is 16.0. The lowest BCUT2D eigenvalue weighted by molar-refractivity contribution is -0.226. The van der Waals surface area contributed by atoms with Crippen LogP contribution in [0.15, 0.2) is 11.6 Å². The van der Waals surface area contributed by atoms with Gasteiger partial charge < -0.3 is 24.4 Å². The zero-order chi connectivity index (χ0) is 31.2. The summed E-state index contributed by atoms with van der Waals surface area (Å²) in [6, 6.07) is 0. The summed E-state index contributed by atoms with van der Waals surface area (Å²) in [6.45, 7) is 17.4. The number of allylic oxidation sites excluding steroid dienone is 1. The number of rotatable bonds is 5. The zero-order valence-electron chi connectivity index (χ0n) is 27.0. The highest BCUT2D eigenvalue weighted by Crippen LogP contribution is 2.74. The summed E-state index contributed by atoms with van der Waals surface area (Å²) in [4.78, 5) is 37.9. The van der Waals surface area contributed by atoms with Crippen molar-refractivity contribution in [1.29, 1.82) is 0 Å². The molecule has 1 saturated heterocycles. The van der Waals surface area contributed by atoms with Crippen molar-refractivity contribution < 1.29 is 38.8 Å². The fourth-order valence-corrected chi connectivity index (χ4v) is 10.9. The molecule has 0 aromatic heterocycles. The number of fused-ring (bicyclic) bond motifs is 5. The van der Waals surface area contributed by atoms with Crippen LogP contribution in [0.3, 0.4) is 0 Å². The quantitative estimate of drug-likeness (QED) is 0.258. The van der Waals surface area contributed by atoms with Gasteiger partial charge in [0.05, 0.1) is 11.5 Å². The van der Waals surface area contributed by atoms with Gasteiger partial charge in [-0.1, -0.05) is 46.3 Å². The zero-order valence-corrected chi connectivity index (χ0v) is 27.0. The molecule has 11 atom stereocenters. The number of aliphatic hydroxyl groups excluding tert-OH is 1. The highest BCUT2D eigenvalue weighted by atomic mass is 16.6. The predicted molar refractivity (Wildman–Crippen MR) is 156 cm³/mol. The summed E-state index contributed by atoms with van der Waals surface area (Å²) >= 11 is 0. The van der Waals surface area contributed by atoms with Crippen LogP contribution in [0.5, 0.6) is 0 Å². The van der Waals surface area contributed by atoms with Gasteiger partial charge in [0, 0.05) is 31.1 Å². The molecule has 0 unspecified atom stereocenters. The molecule has 0 aromatic carbocycles. The molecule has 0 aromatic rings. The molecule has 0 radical (unpaired) electrons. The van der Waals surface area contributed by atoms with Crippen LogP contribution < -0.4 is 0 Å². The molecule has 8 heteroatoms. The molecule has 0 spiro atoms. The fourth-order valence-electron chi connectivity index (χ4n) is 10.9. The number of ether oxygens (including phenoxy) is 3. The molecular weight excluding hydrogens is 536 g/mol. The molecule has 3 saturated carbocycles.